The van der Waals surface area contributed by atoms with Crippen LogP contribution in [0.15, 0.2) is 46.9 Å². The monoisotopic (exact) mass is 340 g/mol. The van der Waals surface area contributed by atoms with Crippen LogP contribution in [0.3, 0.4) is 0 Å². The van der Waals surface area contributed by atoms with Gasteiger partial charge in [-0.15, -0.1) is 19.6 Å². The Balaban J connectivity index is 2.41. The highest BCUT2D eigenvalue weighted by Gasteiger charge is 2.31. The molecule has 0 unspecified atom stereocenters. The molecule has 0 radical (unpaired) electrons. The van der Waals surface area contributed by atoms with Crippen molar-refractivity contribution in [1.29, 1.82) is 0 Å². The van der Waals surface area contributed by atoms with Crippen molar-refractivity contribution in [2.75, 3.05) is 0 Å². The lowest BCUT2D eigenvalue weighted by atomic mass is 10.0. The molecule has 0 aliphatic heterocycles. The van der Waals surface area contributed by atoms with Crippen LogP contribution in [0.2, 0.25) is 0 Å². The summed E-state index contributed by atoms with van der Waals surface area (Å²) >= 11 is 3.31. The van der Waals surface area contributed by atoms with E-state index in [1.54, 1.807) is 24.3 Å². The summed E-state index contributed by atoms with van der Waals surface area (Å²) in [6.07, 6.45) is 0.626. The Morgan fingerprint density at radius 2 is 1.80 bits per heavy atom. The van der Waals surface area contributed by atoms with Gasteiger partial charge in [0.1, 0.15) is 5.75 Å². The Morgan fingerprint density at radius 1 is 1.05 bits per heavy atom. The Hall–Kier alpha value is -1.93. The molecule has 1 nitrogen and oxygen atoms in total. The second-order valence-electron chi connectivity index (χ2n) is 3.95. The first-order chi connectivity index (χ1) is 9.37. The molecule has 5 heteroatoms. The van der Waals surface area contributed by atoms with Gasteiger partial charge in [0.05, 0.1) is 0 Å². The van der Waals surface area contributed by atoms with Crippen molar-refractivity contribution in [2.45, 2.75) is 6.36 Å². The fourth-order valence-electron chi connectivity index (χ4n) is 1.71. The average molecular weight is 341 g/mol. The molecule has 102 valence electrons. The number of hydrogen-bond acceptors (Lipinski definition) is 1. The lowest BCUT2D eigenvalue weighted by Gasteiger charge is -2.10. The van der Waals surface area contributed by atoms with Crippen LogP contribution >= 0.6 is 15.9 Å². The molecule has 0 atom stereocenters. The predicted molar refractivity (Wildman–Crippen MR) is 74.2 cm³/mol. The van der Waals surface area contributed by atoms with E-state index in [1.165, 1.54) is 18.2 Å². The number of alkyl halides is 3. The van der Waals surface area contributed by atoms with Gasteiger partial charge >= 0.3 is 6.36 Å². The van der Waals surface area contributed by atoms with E-state index in [-0.39, 0.29) is 5.75 Å². The number of hydrogen-bond donors (Lipinski definition) is 0. The van der Waals surface area contributed by atoms with Crippen molar-refractivity contribution < 1.29 is 17.9 Å². The standard InChI is InChI=1S/C15H8BrF3O/c1-2-10-6-12(8-13(16)7-10)11-4-3-5-14(9-11)20-15(17,18)19/h1,3-9H. The molecule has 2 aromatic rings. The maximum absolute atomic E-state index is 12.2. The molecule has 0 bridgehead atoms. The van der Waals surface area contributed by atoms with Gasteiger partial charge in [-0.05, 0) is 41.5 Å². The van der Waals surface area contributed by atoms with Crippen molar-refractivity contribution in [3.05, 3.63) is 52.5 Å². The molecule has 20 heavy (non-hydrogen) atoms. The third-order valence-corrected chi connectivity index (χ3v) is 2.92. The summed E-state index contributed by atoms with van der Waals surface area (Å²) in [6.45, 7) is 0. The van der Waals surface area contributed by atoms with Crippen molar-refractivity contribution >= 4 is 15.9 Å². The van der Waals surface area contributed by atoms with Gasteiger partial charge in [-0.1, -0.05) is 34.0 Å². The summed E-state index contributed by atoms with van der Waals surface area (Å²) in [5.74, 6) is 2.22. The first-order valence-corrected chi connectivity index (χ1v) is 6.30. The van der Waals surface area contributed by atoms with Crippen molar-refractivity contribution in [2.24, 2.45) is 0 Å². The quantitative estimate of drug-likeness (QED) is 0.699. The molecule has 2 rings (SSSR count). The fourth-order valence-corrected chi connectivity index (χ4v) is 2.21. The molecule has 0 aliphatic carbocycles. The van der Waals surface area contributed by atoms with Gasteiger partial charge in [0.15, 0.2) is 0 Å². The van der Waals surface area contributed by atoms with Gasteiger partial charge in [-0.2, -0.15) is 0 Å². The molecule has 2 aromatic carbocycles. The third kappa shape index (κ3) is 3.78. The van der Waals surface area contributed by atoms with Gasteiger partial charge < -0.3 is 4.74 Å². The molecular formula is C15H8BrF3O. The van der Waals surface area contributed by atoms with E-state index in [2.05, 4.69) is 26.6 Å². The van der Waals surface area contributed by atoms with E-state index in [0.29, 0.717) is 16.7 Å². The molecule has 0 saturated carbocycles. The Bertz CT molecular complexity index is 672. The average Bonchev–Trinajstić information content (AvgIpc) is 2.36. The largest absolute Gasteiger partial charge is 0.573 e. The molecule has 0 aliphatic rings. The van der Waals surface area contributed by atoms with Gasteiger partial charge in [0.2, 0.25) is 0 Å². The van der Waals surface area contributed by atoms with Crippen LogP contribution in [0.1, 0.15) is 5.56 Å². The van der Waals surface area contributed by atoms with E-state index >= 15 is 0 Å². The van der Waals surface area contributed by atoms with Crippen LogP contribution in [0.5, 0.6) is 5.75 Å². The van der Waals surface area contributed by atoms with Gasteiger partial charge in [-0.3, -0.25) is 0 Å². The molecule has 0 heterocycles. The van der Waals surface area contributed by atoms with Crippen LogP contribution in [0, 0.1) is 12.3 Å². The molecule has 0 aromatic heterocycles. The first kappa shape index (κ1) is 14.5. The number of ether oxygens (including phenoxy) is 1. The summed E-state index contributed by atoms with van der Waals surface area (Å²) in [4.78, 5) is 0. The van der Waals surface area contributed by atoms with Gasteiger partial charge in [0, 0.05) is 10.0 Å². The zero-order chi connectivity index (χ0) is 14.8. The minimum atomic E-state index is -4.71. The molecular weight excluding hydrogens is 333 g/mol. The summed E-state index contributed by atoms with van der Waals surface area (Å²) in [6, 6.07) is 11.0. The smallest absolute Gasteiger partial charge is 0.406 e. The third-order valence-electron chi connectivity index (χ3n) is 2.47. The zero-order valence-electron chi connectivity index (χ0n) is 10.0. The lowest BCUT2D eigenvalue weighted by molar-refractivity contribution is -0.274. The second kappa shape index (κ2) is 5.59. The Morgan fingerprint density at radius 3 is 2.45 bits per heavy atom. The summed E-state index contributed by atoms with van der Waals surface area (Å²) in [5, 5.41) is 0. The van der Waals surface area contributed by atoms with E-state index in [9.17, 15) is 13.2 Å². The number of terminal acetylenes is 1. The molecule has 0 N–H and O–H groups in total. The minimum absolute atomic E-state index is 0.266. The van der Waals surface area contributed by atoms with Crippen LogP contribution in [-0.2, 0) is 0 Å². The van der Waals surface area contributed by atoms with Crippen molar-refractivity contribution in [3.63, 3.8) is 0 Å². The Kier molecular flexibility index (Phi) is 4.05. The van der Waals surface area contributed by atoms with Crippen molar-refractivity contribution in [3.8, 4) is 29.2 Å². The zero-order valence-corrected chi connectivity index (χ0v) is 11.6. The first-order valence-electron chi connectivity index (χ1n) is 5.51. The summed E-state index contributed by atoms with van der Waals surface area (Å²) in [5.41, 5.74) is 1.93. The van der Waals surface area contributed by atoms with Crippen LogP contribution < -0.4 is 4.74 Å². The highest BCUT2D eigenvalue weighted by Crippen LogP contribution is 2.30. The van der Waals surface area contributed by atoms with E-state index in [4.69, 9.17) is 6.42 Å². The maximum Gasteiger partial charge on any atom is 0.573 e. The minimum Gasteiger partial charge on any atom is -0.406 e. The van der Waals surface area contributed by atoms with Crippen LogP contribution in [0.4, 0.5) is 13.2 Å². The molecule has 0 saturated heterocycles. The number of benzene rings is 2. The van der Waals surface area contributed by atoms with Crippen LogP contribution in [-0.4, -0.2) is 6.36 Å². The highest BCUT2D eigenvalue weighted by atomic mass is 79.9. The normalized spacial score (nSPS) is 10.9. The van der Waals surface area contributed by atoms with E-state index < -0.39 is 6.36 Å². The highest BCUT2D eigenvalue weighted by molar-refractivity contribution is 9.10. The number of rotatable bonds is 2. The van der Waals surface area contributed by atoms with Gasteiger partial charge in [-0.25, -0.2) is 0 Å². The molecule has 0 amide bonds. The lowest BCUT2D eigenvalue weighted by Crippen LogP contribution is -2.17. The SMILES string of the molecule is C#Cc1cc(Br)cc(-c2cccc(OC(F)(F)F)c2)c1. The van der Waals surface area contributed by atoms with Crippen molar-refractivity contribution in [1.82, 2.24) is 0 Å². The van der Waals surface area contributed by atoms with E-state index in [1.807, 2.05) is 0 Å². The summed E-state index contributed by atoms with van der Waals surface area (Å²) < 4.78 is 41.3. The Labute approximate surface area is 122 Å². The maximum atomic E-state index is 12.2. The predicted octanol–water partition coefficient (Wildman–Crippen LogP) is 5.00. The van der Waals surface area contributed by atoms with E-state index in [0.717, 1.165) is 4.47 Å². The molecule has 0 fully saturated rings. The molecule has 0 spiro atoms. The summed E-state index contributed by atoms with van der Waals surface area (Å²) in [7, 11) is 0. The number of halogens is 4. The fraction of sp³-hybridized carbons (Fsp3) is 0.0667. The van der Waals surface area contributed by atoms with Crippen LogP contribution in [0.25, 0.3) is 11.1 Å². The topological polar surface area (TPSA) is 9.23 Å². The van der Waals surface area contributed by atoms with Gasteiger partial charge in [0.25, 0.3) is 0 Å². The second-order valence-corrected chi connectivity index (χ2v) is 4.86.